The van der Waals surface area contributed by atoms with Crippen molar-refractivity contribution >= 4 is 55.6 Å². The van der Waals surface area contributed by atoms with Crippen molar-refractivity contribution in [2.45, 2.75) is 6.61 Å². The number of hydrazone groups is 1. The molecule has 0 aliphatic rings. The molecule has 0 fully saturated rings. The quantitative estimate of drug-likeness (QED) is 0.285. The van der Waals surface area contributed by atoms with Gasteiger partial charge in [0.25, 0.3) is 5.91 Å². The van der Waals surface area contributed by atoms with E-state index in [1.165, 1.54) is 18.3 Å². The van der Waals surface area contributed by atoms with Crippen LogP contribution >= 0.6 is 43.5 Å². The van der Waals surface area contributed by atoms with E-state index in [1.54, 1.807) is 18.2 Å². The molecule has 0 spiro atoms. The number of carbonyl (C=O) groups excluding carboxylic acids is 1. The number of rotatable bonds is 6. The van der Waals surface area contributed by atoms with Crippen molar-refractivity contribution in [3.8, 4) is 11.8 Å². The van der Waals surface area contributed by atoms with Gasteiger partial charge in [-0.3, -0.25) is 4.79 Å². The highest BCUT2D eigenvalue weighted by atomic mass is 79.9. The van der Waals surface area contributed by atoms with Gasteiger partial charge in [0.05, 0.1) is 32.9 Å². The molecule has 0 bridgehead atoms. The molecule has 0 saturated carbocycles. The zero-order chi connectivity index (χ0) is 22.4. The third-order valence-electron chi connectivity index (χ3n) is 4.04. The number of ether oxygens (including phenoxy) is 1. The first kappa shape index (κ1) is 22.9. The molecule has 0 radical (unpaired) electrons. The predicted molar refractivity (Wildman–Crippen MR) is 124 cm³/mol. The van der Waals surface area contributed by atoms with Crippen LogP contribution < -0.4 is 10.2 Å². The van der Waals surface area contributed by atoms with Crippen LogP contribution in [-0.4, -0.2) is 12.1 Å². The Kier molecular flexibility index (Phi) is 7.80. The van der Waals surface area contributed by atoms with Gasteiger partial charge in [-0.05, 0) is 69.5 Å². The molecule has 5 nitrogen and oxygen atoms in total. The second-order valence-electron chi connectivity index (χ2n) is 6.23. The fourth-order valence-corrected chi connectivity index (χ4v) is 3.78. The average molecular weight is 566 g/mol. The van der Waals surface area contributed by atoms with Gasteiger partial charge in [-0.15, -0.1) is 0 Å². The highest BCUT2D eigenvalue weighted by Gasteiger charge is 2.12. The maximum atomic E-state index is 13.9. The number of hydrogen-bond acceptors (Lipinski definition) is 4. The minimum absolute atomic E-state index is 0.125. The third-order valence-corrected chi connectivity index (χ3v) is 5.44. The highest BCUT2D eigenvalue weighted by Crippen LogP contribution is 2.34. The van der Waals surface area contributed by atoms with Crippen molar-refractivity contribution in [1.29, 1.82) is 5.26 Å². The second-order valence-corrected chi connectivity index (χ2v) is 8.41. The van der Waals surface area contributed by atoms with E-state index < -0.39 is 11.7 Å². The van der Waals surface area contributed by atoms with Crippen molar-refractivity contribution in [3.05, 3.63) is 96.6 Å². The van der Waals surface area contributed by atoms with Gasteiger partial charge >= 0.3 is 0 Å². The minimum Gasteiger partial charge on any atom is -0.486 e. The van der Waals surface area contributed by atoms with Gasteiger partial charge < -0.3 is 4.74 Å². The Bertz CT molecular complexity index is 1170. The normalized spacial score (nSPS) is 10.7. The summed E-state index contributed by atoms with van der Waals surface area (Å²) in [7, 11) is 0. The summed E-state index contributed by atoms with van der Waals surface area (Å²) in [5.41, 5.74) is 3.73. The summed E-state index contributed by atoms with van der Waals surface area (Å²) in [5.74, 6) is -1.06. The van der Waals surface area contributed by atoms with E-state index in [-0.39, 0.29) is 11.1 Å². The fraction of sp³-hybridized carbons (Fsp3) is 0.0455. The third kappa shape index (κ3) is 6.14. The first-order valence-electron chi connectivity index (χ1n) is 8.76. The van der Waals surface area contributed by atoms with Crippen molar-refractivity contribution in [2.24, 2.45) is 5.10 Å². The van der Waals surface area contributed by atoms with Crippen LogP contribution in [0.3, 0.4) is 0 Å². The van der Waals surface area contributed by atoms with Crippen LogP contribution in [0.25, 0.3) is 0 Å². The lowest BCUT2D eigenvalue weighted by molar-refractivity contribution is 0.0951. The summed E-state index contributed by atoms with van der Waals surface area (Å²) < 4.78 is 21.3. The van der Waals surface area contributed by atoms with E-state index in [0.717, 1.165) is 16.1 Å². The second kappa shape index (κ2) is 10.5. The molecule has 0 atom stereocenters. The molecule has 31 heavy (non-hydrogen) atoms. The molecule has 1 amide bonds. The number of halogens is 4. The number of benzene rings is 3. The first-order valence-corrected chi connectivity index (χ1v) is 10.7. The summed E-state index contributed by atoms with van der Waals surface area (Å²) in [6.07, 6.45) is 1.37. The molecule has 3 rings (SSSR count). The largest absolute Gasteiger partial charge is 0.486 e. The SMILES string of the molecule is N#Cc1ccc(C(=O)N/N=C\c2cc(Cl)c(OCc3ccc(Br)cc3)c(Br)c2)c(F)c1. The molecular formula is C22H13Br2ClFN3O2. The highest BCUT2D eigenvalue weighted by molar-refractivity contribution is 9.10. The van der Waals surface area contributed by atoms with Gasteiger partial charge in [0.1, 0.15) is 12.4 Å². The van der Waals surface area contributed by atoms with Crippen LogP contribution in [0.5, 0.6) is 5.75 Å². The number of hydrogen-bond donors (Lipinski definition) is 1. The monoisotopic (exact) mass is 563 g/mol. The van der Waals surface area contributed by atoms with Crippen LogP contribution in [0.2, 0.25) is 5.02 Å². The van der Waals surface area contributed by atoms with Gasteiger partial charge in [0.15, 0.2) is 5.75 Å². The van der Waals surface area contributed by atoms with E-state index in [9.17, 15) is 9.18 Å². The van der Waals surface area contributed by atoms with Gasteiger partial charge in [-0.1, -0.05) is 39.7 Å². The van der Waals surface area contributed by atoms with Crippen molar-refractivity contribution in [2.75, 3.05) is 0 Å². The lowest BCUT2D eigenvalue weighted by Gasteiger charge is -2.11. The molecular weight excluding hydrogens is 553 g/mol. The summed E-state index contributed by atoms with van der Waals surface area (Å²) >= 11 is 13.1. The van der Waals surface area contributed by atoms with Crippen molar-refractivity contribution in [3.63, 3.8) is 0 Å². The number of nitrogens with zero attached hydrogens (tertiary/aromatic N) is 2. The predicted octanol–water partition coefficient (Wildman–Crippen LogP) is 6.22. The number of carbonyl (C=O) groups is 1. The van der Waals surface area contributed by atoms with Crippen molar-refractivity contribution < 1.29 is 13.9 Å². The van der Waals surface area contributed by atoms with E-state index in [4.69, 9.17) is 21.6 Å². The Morgan fingerprint density at radius 3 is 2.58 bits per heavy atom. The molecule has 156 valence electrons. The first-order chi connectivity index (χ1) is 14.9. The Morgan fingerprint density at radius 1 is 1.19 bits per heavy atom. The van der Waals surface area contributed by atoms with Crippen LogP contribution in [0.4, 0.5) is 4.39 Å². The molecule has 1 N–H and O–H groups in total. The topological polar surface area (TPSA) is 74.5 Å². The average Bonchev–Trinajstić information content (AvgIpc) is 2.74. The minimum atomic E-state index is -0.801. The Balaban J connectivity index is 1.65. The summed E-state index contributed by atoms with van der Waals surface area (Å²) in [6, 6.07) is 16.4. The molecule has 0 saturated heterocycles. The number of nitrogens with one attached hydrogen (secondary N) is 1. The molecule has 3 aromatic rings. The van der Waals surface area contributed by atoms with E-state index in [0.29, 0.717) is 27.4 Å². The number of nitriles is 1. The number of amides is 1. The lowest BCUT2D eigenvalue weighted by Crippen LogP contribution is -2.19. The Morgan fingerprint density at radius 2 is 1.94 bits per heavy atom. The molecule has 0 aliphatic heterocycles. The van der Waals surface area contributed by atoms with Gasteiger partial charge in [0.2, 0.25) is 0 Å². The maximum Gasteiger partial charge on any atom is 0.274 e. The van der Waals surface area contributed by atoms with Crippen LogP contribution in [0.15, 0.2) is 68.6 Å². The molecule has 0 aromatic heterocycles. The molecule has 3 aromatic carbocycles. The van der Waals surface area contributed by atoms with Gasteiger partial charge in [-0.25, -0.2) is 9.82 Å². The summed E-state index contributed by atoms with van der Waals surface area (Å²) in [4.78, 5) is 12.1. The molecule has 9 heteroatoms. The van der Waals surface area contributed by atoms with Gasteiger partial charge in [0, 0.05) is 4.47 Å². The van der Waals surface area contributed by atoms with Crippen LogP contribution in [0, 0.1) is 17.1 Å². The van der Waals surface area contributed by atoms with Gasteiger partial charge in [-0.2, -0.15) is 10.4 Å². The molecule has 0 aliphatic carbocycles. The zero-order valence-electron chi connectivity index (χ0n) is 15.7. The summed E-state index contributed by atoms with van der Waals surface area (Å²) in [6.45, 7) is 0.339. The van der Waals surface area contributed by atoms with E-state index >= 15 is 0 Å². The van der Waals surface area contributed by atoms with E-state index in [1.807, 2.05) is 24.3 Å². The smallest absolute Gasteiger partial charge is 0.274 e. The van der Waals surface area contributed by atoms with E-state index in [2.05, 4.69) is 42.4 Å². The molecule has 0 heterocycles. The Labute approximate surface area is 199 Å². The van der Waals surface area contributed by atoms with Crippen molar-refractivity contribution in [1.82, 2.24) is 5.43 Å². The maximum absolute atomic E-state index is 13.9. The van der Waals surface area contributed by atoms with Crippen LogP contribution in [-0.2, 0) is 6.61 Å². The lowest BCUT2D eigenvalue weighted by atomic mass is 10.1. The zero-order valence-corrected chi connectivity index (χ0v) is 19.6. The Hall–Kier alpha value is -2.73. The molecule has 0 unspecified atom stereocenters. The summed E-state index contributed by atoms with van der Waals surface area (Å²) in [5, 5.41) is 13.0. The fourth-order valence-electron chi connectivity index (χ4n) is 2.52. The standard InChI is InChI=1S/C22H13Br2ClFN3O2/c23-16-4-1-13(2-5-16)12-31-21-18(24)7-15(8-19(21)25)11-28-29-22(30)17-6-3-14(10-27)9-20(17)26/h1-9,11H,12H2,(H,29,30)/b28-11-. The van der Waals surface area contributed by atoms with Crippen LogP contribution in [0.1, 0.15) is 27.0 Å².